The summed E-state index contributed by atoms with van der Waals surface area (Å²) in [4.78, 5) is 2.22. The maximum atomic E-state index is 4.46. The van der Waals surface area contributed by atoms with Gasteiger partial charge in [0, 0.05) is 6.04 Å². The van der Waals surface area contributed by atoms with Crippen molar-refractivity contribution in [3.8, 4) is 0 Å². The Labute approximate surface area is 69.1 Å². The van der Waals surface area contributed by atoms with Crippen LogP contribution in [0.4, 0.5) is 0 Å². The Bertz CT molecular complexity index is 97.5. The Morgan fingerprint density at radius 1 is 1.55 bits per heavy atom. The van der Waals surface area contributed by atoms with Crippen LogP contribution in [0.15, 0.2) is 0 Å². The lowest BCUT2D eigenvalue weighted by molar-refractivity contribution is 0.313. The van der Waals surface area contributed by atoms with Crippen LogP contribution < -0.4 is 10.6 Å². The molecule has 0 aromatic carbocycles. The molecule has 1 rings (SSSR count). The lowest BCUT2D eigenvalue weighted by Gasteiger charge is -2.23. The van der Waals surface area contributed by atoms with Gasteiger partial charge in [-0.05, 0) is 40.0 Å². The lowest BCUT2D eigenvalue weighted by Crippen LogP contribution is -2.41. The molecule has 0 aliphatic carbocycles. The Kier molecular flexibility index (Phi) is 3.83. The van der Waals surface area contributed by atoms with Crippen molar-refractivity contribution >= 4 is 0 Å². The van der Waals surface area contributed by atoms with E-state index in [4.69, 9.17) is 0 Å². The molecule has 1 heterocycles. The van der Waals surface area contributed by atoms with Crippen molar-refractivity contribution in [1.29, 1.82) is 0 Å². The maximum Gasteiger partial charge on any atom is 0.0627 e. The zero-order valence-corrected chi connectivity index (χ0v) is 7.51. The summed E-state index contributed by atoms with van der Waals surface area (Å²) < 4.78 is 0. The maximum absolute atomic E-state index is 4.46. The van der Waals surface area contributed by atoms with Gasteiger partial charge in [0.25, 0.3) is 0 Å². The fourth-order valence-corrected chi connectivity index (χ4v) is 1.28. The molecule has 0 bridgehead atoms. The molecule has 1 aliphatic rings. The average molecular weight is 156 g/mol. The van der Waals surface area contributed by atoms with E-state index in [0.717, 1.165) is 19.8 Å². The van der Waals surface area contributed by atoms with Crippen LogP contribution in [0.5, 0.6) is 0 Å². The van der Waals surface area contributed by atoms with Crippen molar-refractivity contribution < 1.29 is 0 Å². The second-order valence-corrected chi connectivity index (χ2v) is 3.38. The molecule has 0 aromatic heterocycles. The number of nitrogens with zero attached hydrogens (tertiary/aromatic N) is 2. The van der Waals surface area contributed by atoms with E-state index in [0.29, 0.717) is 6.04 Å². The molecule has 0 aromatic rings. The Hall–Kier alpha value is -0.120. The third-order valence-electron chi connectivity index (χ3n) is 2.03. The van der Waals surface area contributed by atoms with E-state index in [2.05, 4.69) is 29.6 Å². The molecule has 65 valence electrons. The van der Waals surface area contributed by atoms with E-state index in [-0.39, 0.29) is 0 Å². The van der Waals surface area contributed by atoms with Gasteiger partial charge in [-0.3, -0.25) is 0 Å². The first-order chi connectivity index (χ1) is 5.29. The monoisotopic (exact) mass is 156 g/mol. The van der Waals surface area contributed by atoms with Crippen molar-refractivity contribution in [1.82, 2.24) is 15.5 Å². The minimum atomic E-state index is 0.610. The van der Waals surface area contributed by atoms with Gasteiger partial charge < -0.3 is 10.2 Å². The quantitative estimate of drug-likeness (QED) is 0.616. The molecule has 0 amide bonds. The molecule has 1 N–H and O–H groups in total. The van der Waals surface area contributed by atoms with Crippen LogP contribution in [0, 0.1) is 0 Å². The standard InChI is InChI=1S/C8H18N3/c1-11(2)6-4-8-3-5-9-7-10-8/h8-9H,3-7H2,1-2H3. The molecule has 0 spiro atoms. The Morgan fingerprint density at radius 3 is 2.91 bits per heavy atom. The number of hydrogen-bond donors (Lipinski definition) is 1. The van der Waals surface area contributed by atoms with Crippen LogP contribution in [-0.4, -0.2) is 44.8 Å². The van der Waals surface area contributed by atoms with Crippen molar-refractivity contribution in [2.24, 2.45) is 0 Å². The average Bonchev–Trinajstić information content (AvgIpc) is 2.03. The van der Waals surface area contributed by atoms with Gasteiger partial charge in [-0.25, -0.2) is 5.32 Å². The topological polar surface area (TPSA) is 29.4 Å². The zero-order valence-electron chi connectivity index (χ0n) is 7.51. The summed E-state index contributed by atoms with van der Waals surface area (Å²) in [7, 11) is 4.22. The fourth-order valence-electron chi connectivity index (χ4n) is 1.28. The first-order valence-electron chi connectivity index (χ1n) is 4.31. The summed E-state index contributed by atoms with van der Waals surface area (Å²) in [6.45, 7) is 3.16. The first kappa shape index (κ1) is 8.97. The molecular formula is C8H18N3. The normalized spacial score (nSPS) is 25.9. The highest BCUT2D eigenvalue weighted by atomic mass is 15.1. The summed E-state index contributed by atoms with van der Waals surface area (Å²) in [6, 6.07) is 0.610. The molecule has 11 heavy (non-hydrogen) atoms. The predicted octanol–water partition coefficient (Wildman–Crippen LogP) is -0.138. The fraction of sp³-hybridized carbons (Fsp3) is 1.00. The van der Waals surface area contributed by atoms with Crippen LogP contribution in [0.25, 0.3) is 0 Å². The third kappa shape index (κ3) is 3.70. The van der Waals surface area contributed by atoms with E-state index >= 15 is 0 Å². The van der Waals surface area contributed by atoms with Gasteiger partial charge in [0.05, 0.1) is 6.67 Å². The molecule has 1 aliphatic heterocycles. The molecule has 0 saturated carbocycles. The SMILES string of the molecule is CN(C)CCC1CCNC[N]1. The van der Waals surface area contributed by atoms with E-state index in [1.807, 2.05) is 0 Å². The van der Waals surface area contributed by atoms with Gasteiger partial charge in [0.2, 0.25) is 0 Å². The van der Waals surface area contributed by atoms with Gasteiger partial charge in [-0.15, -0.1) is 0 Å². The van der Waals surface area contributed by atoms with Crippen molar-refractivity contribution in [3.05, 3.63) is 0 Å². The minimum absolute atomic E-state index is 0.610. The molecular weight excluding hydrogens is 138 g/mol. The highest BCUT2D eigenvalue weighted by Gasteiger charge is 2.12. The van der Waals surface area contributed by atoms with Gasteiger partial charge in [-0.2, -0.15) is 0 Å². The van der Waals surface area contributed by atoms with E-state index in [1.54, 1.807) is 0 Å². The smallest absolute Gasteiger partial charge is 0.0627 e. The van der Waals surface area contributed by atoms with Gasteiger partial charge in [0.15, 0.2) is 0 Å². The summed E-state index contributed by atoms with van der Waals surface area (Å²) in [6.07, 6.45) is 2.43. The van der Waals surface area contributed by atoms with Crippen LogP contribution >= 0.6 is 0 Å². The molecule has 3 heteroatoms. The number of nitrogens with one attached hydrogen (secondary N) is 1. The van der Waals surface area contributed by atoms with Crippen molar-refractivity contribution in [3.63, 3.8) is 0 Å². The van der Waals surface area contributed by atoms with Crippen LogP contribution in [0.1, 0.15) is 12.8 Å². The molecule has 1 unspecified atom stereocenters. The van der Waals surface area contributed by atoms with Gasteiger partial charge >= 0.3 is 0 Å². The van der Waals surface area contributed by atoms with Crippen LogP contribution in [0.3, 0.4) is 0 Å². The Balaban J connectivity index is 2.05. The minimum Gasteiger partial charge on any atom is -0.309 e. The van der Waals surface area contributed by atoms with E-state index in [9.17, 15) is 0 Å². The summed E-state index contributed by atoms with van der Waals surface area (Å²) in [5.41, 5.74) is 0. The summed E-state index contributed by atoms with van der Waals surface area (Å²) >= 11 is 0. The first-order valence-corrected chi connectivity index (χ1v) is 4.31. The van der Waals surface area contributed by atoms with E-state index in [1.165, 1.54) is 12.8 Å². The van der Waals surface area contributed by atoms with Gasteiger partial charge in [0.1, 0.15) is 0 Å². The highest BCUT2D eigenvalue weighted by molar-refractivity contribution is 4.72. The van der Waals surface area contributed by atoms with Crippen molar-refractivity contribution in [2.45, 2.75) is 18.9 Å². The second-order valence-electron chi connectivity index (χ2n) is 3.38. The number of rotatable bonds is 3. The van der Waals surface area contributed by atoms with Crippen LogP contribution in [0.2, 0.25) is 0 Å². The molecule has 1 radical (unpaired) electrons. The zero-order chi connectivity index (χ0) is 8.10. The molecule has 1 fully saturated rings. The predicted molar refractivity (Wildman–Crippen MR) is 46.6 cm³/mol. The summed E-state index contributed by atoms with van der Waals surface area (Å²) in [5.74, 6) is 0. The van der Waals surface area contributed by atoms with Crippen molar-refractivity contribution in [2.75, 3.05) is 33.9 Å². The molecule has 3 nitrogen and oxygen atoms in total. The highest BCUT2D eigenvalue weighted by Crippen LogP contribution is 2.02. The molecule has 1 saturated heterocycles. The van der Waals surface area contributed by atoms with Gasteiger partial charge in [-0.1, -0.05) is 0 Å². The van der Waals surface area contributed by atoms with E-state index < -0.39 is 0 Å². The summed E-state index contributed by atoms with van der Waals surface area (Å²) in [5, 5.41) is 7.69. The Morgan fingerprint density at radius 2 is 2.36 bits per heavy atom. The number of hydrogen-bond acceptors (Lipinski definition) is 2. The van der Waals surface area contributed by atoms with Crippen LogP contribution in [-0.2, 0) is 0 Å². The lowest BCUT2D eigenvalue weighted by atomic mass is 10.1. The largest absolute Gasteiger partial charge is 0.309 e. The second kappa shape index (κ2) is 4.70. The molecule has 1 atom stereocenters. The third-order valence-corrected chi connectivity index (χ3v) is 2.03.